The van der Waals surface area contributed by atoms with Gasteiger partial charge in [-0.05, 0) is 32.9 Å². The molecule has 18 heavy (non-hydrogen) atoms. The lowest BCUT2D eigenvalue weighted by Crippen LogP contribution is -2.40. The van der Waals surface area contributed by atoms with Crippen LogP contribution in [0, 0.1) is 5.41 Å². The Bertz CT molecular complexity index is 459. The highest BCUT2D eigenvalue weighted by molar-refractivity contribution is 6.00. The highest BCUT2D eigenvalue weighted by Crippen LogP contribution is 2.20. The maximum Gasteiger partial charge on any atom is 0.268 e. The molecule has 1 aromatic rings. The van der Waals surface area contributed by atoms with Gasteiger partial charge in [-0.1, -0.05) is 20.8 Å². The van der Waals surface area contributed by atoms with Gasteiger partial charge in [-0.2, -0.15) is 0 Å². The van der Waals surface area contributed by atoms with Crippen LogP contribution >= 0.6 is 0 Å². The summed E-state index contributed by atoms with van der Waals surface area (Å²) in [5.41, 5.74) is 0.137. The van der Waals surface area contributed by atoms with E-state index in [9.17, 15) is 9.59 Å². The first kappa shape index (κ1) is 14.5. The molecule has 1 heterocycles. The second-order valence-corrected chi connectivity index (χ2v) is 6.57. The molecule has 0 radical (unpaired) electrons. The molecule has 0 bridgehead atoms. The van der Waals surface area contributed by atoms with Crippen LogP contribution in [0.15, 0.2) is 12.1 Å². The summed E-state index contributed by atoms with van der Waals surface area (Å²) in [5.74, 6) is -0.201. The van der Waals surface area contributed by atoms with Crippen molar-refractivity contribution < 1.29 is 9.59 Å². The average molecular weight is 250 g/mol. The Morgan fingerprint density at radius 3 is 1.94 bits per heavy atom. The van der Waals surface area contributed by atoms with Crippen molar-refractivity contribution in [2.75, 3.05) is 0 Å². The molecule has 0 aliphatic heterocycles. The van der Waals surface area contributed by atoms with Crippen molar-refractivity contribution in [1.29, 1.82) is 0 Å². The van der Waals surface area contributed by atoms with E-state index in [0.29, 0.717) is 11.4 Å². The predicted molar refractivity (Wildman–Crippen MR) is 71.8 cm³/mol. The van der Waals surface area contributed by atoms with Crippen molar-refractivity contribution in [3.05, 3.63) is 23.5 Å². The van der Waals surface area contributed by atoms with Gasteiger partial charge in [-0.3, -0.25) is 9.59 Å². The summed E-state index contributed by atoms with van der Waals surface area (Å²) in [6.45, 7) is 11.3. The number of nitrogens with one attached hydrogen (secondary N) is 2. The summed E-state index contributed by atoms with van der Waals surface area (Å²) >= 11 is 0. The number of aromatic amines is 1. The Kier molecular flexibility index (Phi) is 3.70. The van der Waals surface area contributed by atoms with E-state index in [2.05, 4.69) is 10.3 Å². The molecule has 0 saturated carbocycles. The van der Waals surface area contributed by atoms with E-state index in [1.165, 1.54) is 0 Å². The quantitative estimate of drug-likeness (QED) is 0.793. The summed E-state index contributed by atoms with van der Waals surface area (Å²) in [5, 5.41) is 2.84. The minimum atomic E-state index is -0.456. The van der Waals surface area contributed by atoms with Gasteiger partial charge in [0.2, 0.25) is 0 Å². The smallest absolute Gasteiger partial charge is 0.268 e. The zero-order chi connectivity index (χ0) is 14.1. The maximum absolute atomic E-state index is 12.0. The Balaban J connectivity index is 2.88. The molecule has 1 rings (SSSR count). The molecule has 0 unspecified atom stereocenters. The van der Waals surface area contributed by atoms with Crippen molar-refractivity contribution in [2.24, 2.45) is 5.41 Å². The second-order valence-electron chi connectivity index (χ2n) is 6.57. The van der Waals surface area contributed by atoms with Crippen molar-refractivity contribution >= 4 is 11.7 Å². The normalized spacial score (nSPS) is 12.3. The van der Waals surface area contributed by atoms with Crippen molar-refractivity contribution in [1.82, 2.24) is 10.3 Å². The molecule has 4 heteroatoms. The summed E-state index contributed by atoms with van der Waals surface area (Å²) in [6, 6.07) is 3.30. The number of rotatable bonds is 2. The van der Waals surface area contributed by atoms with Crippen LogP contribution < -0.4 is 5.32 Å². The summed E-state index contributed by atoms with van der Waals surface area (Å²) in [7, 11) is 0. The van der Waals surface area contributed by atoms with Crippen molar-refractivity contribution in [3.8, 4) is 0 Å². The van der Waals surface area contributed by atoms with E-state index in [-0.39, 0.29) is 17.2 Å². The summed E-state index contributed by atoms with van der Waals surface area (Å²) < 4.78 is 0. The molecule has 0 atom stereocenters. The molecule has 0 saturated heterocycles. The fraction of sp³-hybridized carbons (Fsp3) is 0.571. The number of H-pyrrole nitrogens is 1. The van der Waals surface area contributed by atoms with Crippen molar-refractivity contribution in [2.45, 2.75) is 47.1 Å². The number of hydrogen-bond donors (Lipinski definition) is 2. The molecule has 0 aliphatic rings. The highest BCUT2D eigenvalue weighted by atomic mass is 16.2. The molecule has 0 aliphatic carbocycles. The van der Waals surface area contributed by atoms with Gasteiger partial charge < -0.3 is 10.3 Å². The highest BCUT2D eigenvalue weighted by Gasteiger charge is 2.25. The van der Waals surface area contributed by atoms with Crippen LogP contribution in [0.25, 0.3) is 0 Å². The molecule has 1 amide bonds. The standard InChI is InChI=1S/C14H22N2O2/c1-13(2,3)11(17)9-7-8-10(15-9)12(18)16-14(4,5)6/h7-8,15H,1-6H3,(H,16,18). The molecule has 0 spiro atoms. The Labute approximate surface area is 108 Å². The third-order valence-corrected chi connectivity index (χ3v) is 2.34. The summed E-state index contributed by atoms with van der Waals surface area (Å²) in [4.78, 5) is 26.8. The Hall–Kier alpha value is -1.58. The van der Waals surface area contributed by atoms with Gasteiger partial charge in [0.05, 0.1) is 5.69 Å². The van der Waals surface area contributed by atoms with Gasteiger partial charge in [0.25, 0.3) is 5.91 Å². The Morgan fingerprint density at radius 2 is 1.50 bits per heavy atom. The second kappa shape index (κ2) is 4.59. The molecule has 0 fully saturated rings. The lowest BCUT2D eigenvalue weighted by Gasteiger charge is -2.20. The lowest BCUT2D eigenvalue weighted by atomic mass is 9.89. The third-order valence-electron chi connectivity index (χ3n) is 2.34. The van der Waals surface area contributed by atoms with E-state index < -0.39 is 5.41 Å². The lowest BCUT2D eigenvalue weighted by molar-refractivity contribution is 0.0853. The van der Waals surface area contributed by atoms with Crippen LogP contribution in [0.5, 0.6) is 0 Å². The number of carbonyl (C=O) groups is 2. The van der Waals surface area contributed by atoms with E-state index in [4.69, 9.17) is 0 Å². The number of ketones is 1. The van der Waals surface area contributed by atoms with E-state index in [1.54, 1.807) is 12.1 Å². The predicted octanol–water partition coefficient (Wildman–Crippen LogP) is 2.77. The molecular formula is C14H22N2O2. The minimum Gasteiger partial charge on any atom is -0.348 e. The van der Waals surface area contributed by atoms with E-state index in [1.807, 2.05) is 41.5 Å². The van der Waals surface area contributed by atoms with Gasteiger partial charge in [0, 0.05) is 11.0 Å². The first-order valence-corrected chi connectivity index (χ1v) is 6.07. The summed E-state index contributed by atoms with van der Waals surface area (Å²) in [6.07, 6.45) is 0. The van der Waals surface area contributed by atoms with Crippen LogP contribution in [0.3, 0.4) is 0 Å². The third kappa shape index (κ3) is 3.72. The van der Waals surface area contributed by atoms with Crippen LogP contribution in [0.1, 0.15) is 62.5 Å². The molecule has 1 aromatic heterocycles. The van der Waals surface area contributed by atoms with Gasteiger partial charge in [0.1, 0.15) is 5.69 Å². The number of aromatic nitrogens is 1. The number of amides is 1. The molecular weight excluding hydrogens is 228 g/mol. The van der Waals surface area contributed by atoms with E-state index in [0.717, 1.165) is 0 Å². The van der Waals surface area contributed by atoms with Crippen LogP contribution in [0.2, 0.25) is 0 Å². The van der Waals surface area contributed by atoms with Gasteiger partial charge in [-0.25, -0.2) is 0 Å². The monoisotopic (exact) mass is 250 g/mol. The topological polar surface area (TPSA) is 62.0 Å². The van der Waals surface area contributed by atoms with Gasteiger partial charge in [-0.15, -0.1) is 0 Å². The SMILES string of the molecule is CC(C)(C)NC(=O)c1ccc(C(=O)C(C)(C)C)[nH]1. The van der Waals surface area contributed by atoms with Crippen LogP contribution in [-0.4, -0.2) is 22.2 Å². The molecule has 0 aromatic carbocycles. The molecule has 100 valence electrons. The van der Waals surface area contributed by atoms with Gasteiger partial charge >= 0.3 is 0 Å². The largest absolute Gasteiger partial charge is 0.348 e. The van der Waals surface area contributed by atoms with E-state index >= 15 is 0 Å². The van der Waals surface area contributed by atoms with Gasteiger partial charge in [0.15, 0.2) is 5.78 Å². The fourth-order valence-corrected chi connectivity index (χ4v) is 1.47. The zero-order valence-corrected chi connectivity index (χ0v) is 12.0. The first-order valence-electron chi connectivity index (χ1n) is 6.07. The fourth-order valence-electron chi connectivity index (χ4n) is 1.47. The molecule has 2 N–H and O–H groups in total. The van der Waals surface area contributed by atoms with Crippen LogP contribution in [0.4, 0.5) is 0 Å². The zero-order valence-electron chi connectivity index (χ0n) is 12.0. The first-order chi connectivity index (χ1) is 8.00. The van der Waals surface area contributed by atoms with Crippen molar-refractivity contribution in [3.63, 3.8) is 0 Å². The average Bonchev–Trinajstić information content (AvgIpc) is 2.60. The number of Topliss-reactive ketones (excluding diaryl/α,β-unsaturated/α-hetero) is 1. The minimum absolute atomic E-state index is 0.00249. The van der Waals surface area contributed by atoms with Crippen LogP contribution in [-0.2, 0) is 0 Å². The Morgan fingerprint density at radius 1 is 1.00 bits per heavy atom. The maximum atomic E-state index is 12.0. The molecule has 4 nitrogen and oxygen atoms in total. The number of carbonyl (C=O) groups excluding carboxylic acids is 2. The number of hydrogen-bond acceptors (Lipinski definition) is 2.